The Morgan fingerprint density at radius 1 is 1.21 bits per heavy atom. The number of hydrogen-bond donors (Lipinski definition) is 2. The third kappa shape index (κ3) is 4.46. The maximum Gasteiger partial charge on any atom is 0.234 e. The molecule has 0 bridgehead atoms. The van der Waals surface area contributed by atoms with Gasteiger partial charge in [-0.3, -0.25) is 9.69 Å². The molecule has 1 amide bonds. The number of nitrogens with one attached hydrogen (secondary N) is 1. The fourth-order valence-electron chi connectivity index (χ4n) is 3.35. The van der Waals surface area contributed by atoms with Crippen LogP contribution in [0.2, 0.25) is 0 Å². The van der Waals surface area contributed by atoms with Crippen LogP contribution in [0.5, 0.6) is 0 Å². The summed E-state index contributed by atoms with van der Waals surface area (Å²) in [5.74, 6) is 1.03. The molecular formula is C15H29N3O. The second-order valence-electron chi connectivity index (χ2n) is 6.63. The van der Waals surface area contributed by atoms with Crippen molar-refractivity contribution in [3.05, 3.63) is 0 Å². The van der Waals surface area contributed by atoms with E-state index in [1.54, 1.807) is 0 Å². The van der Waals surface area contributed by atoms with Crippen LogP contribution >= 0.6 is 0 Å². The number of carbonyl (C=O) groups excluding carboxylic acids is 1. The lowest BCUT2D eigenvalue weighted by molar-refractivity contribution is -0.124. The molecule has 0 aromatic heterocycles. The summed E-state index contributed by atoms with van der Waals surface area (Å²) in [6.07, 6.45) is 6.81. The highest BCUT2D eigenvalue weighted by Gasteiger charge is 2.26. The van der Waals surface area contributed by atoms with E-state index in [4.69, 9.17) is 5.73 Å². The topological polar surface area (TPSA) is 58.4 Å². The van der Waals surface area contributed by atoms with Gasteiger partial charge in [-0.05, 0) is 51.4 Å². The van der Waals surface area contributed by atoms with Crippen molar-refractivity contribution in [1.29, 1.82) is 0 Å². The van der Waals surface area contributed by atoms with Gasteiger partial charge in [-0.1, -0.05) is 6.92 Å². The first kappa shape index (κ1) is 14.8. The van der Waals surface area contributed by atoms with Crippen molar-refractivity contribution in [2.45, 2.75) is 70.5 Å². The standard InChI is InChI=1S/C15H29N3O/c1-11-3-5-14(6-4-11)17-15(19)10-18-8-7-13(16)9-12(18)2/h11-14H,3-10,16H2,1-2H3,(H,17,19). The summed E-state index contributed by atoms with van der Waals surface area (Å²) in [5, 5.41) is 3.21. The number of hydrogen-bond acceptors (Lipinski definition) is 3. The van der Waals surface area contributed by atoms with Gasteiger partial charge in [0.05, 0.1) is 6.54 Å². The highest BCUT2D eigenvalue weighted by atomic mass is 16.2. The number of piperidine rings is 1. The summed E-state index contributed by atoms with van der Waals surface area (Å²) in [5.41, 5.74) is 5.95. The van der Waals surface area contributed by atoms with E-state index in [9.17, 15) is 4.79 Å². The number of nitrogens with two attached hydrogens (primary N) is 1. The molecule has 1 saturated heterocycles. The number of likely N-dealkylation sites (tertiary alicyclic amines) is 1. The predicted octanol–water partition coefficient (Wildman–Crippen LogP) is 1.49. The average molecular weight is 267 g/mol. The van der Waals surface area contributed by atoms with Crippen molar-refractivity contribution >= 4 is 5.91 Å². The molecule has 0 aromatic carbocycles. The Balaban J connectivity index is 1.72. The zero-order chi connectivity index (χ0) is 13.8. The molecule has 2 unspecified atom stereocenters. The Morgan fingerprint density at radius 2 is 1.89 bits per heavy atom. The summed E-state index contributed by atoms with van der Waals surface area (Å²) in [6.45, 7) is 5.97. The lowest BCUT2D eigenvalue weighted by atomic mass is 9.87. The quantitative estimate of drug-likeness (QED) is 0.814. The van der Waals surface area contributed by atoms with E-state index in [2.05, 4.69) is 24.1 Å². The summed E-state index contributed by atoms with van der Waals surface area (Å²) >= 11 is 0. The van der Waals surface area contributed by atoms with Crippen LogP contribution < -0.4 is 11.1 Å². The first-order valence-electron chi connectivity index (χ1n) is 7.83. The molecule has 1 saturated carbocycles. The zero-order valence-corrected chi connectivity index (χ0v) is 12.4. The number of rotatable bonds is 3. The SMILES string of the molecule is CC1CCC(NC(=O)CN2CCC(N)CC2C)CC1. The van der Waals surface area contributed by atoms with E-state index in [1.807, 2.05) is 0 Å². The van der Waals surface area contributed by atoms with Crippen molar-refractivity contribution in [2.24, 2.45) is 11.7 Å². The van der Waals surface area contributed by atoms with Crippen LogP contribution in [0.25, 0.3) is 0 Å². The van der Waals surface area contributed by atoms with Crippen molar-refractivity contribution < 1.29 is 4.79 Å². The van der Waals surface area contributed by atoms with Gasteiger partial charge in [0, 0.05) is 24.7 Å². The molecule has 4 heteroatoms. The minimum Gasteiger partial charge on any atom is -0.352 e. The minimum absolute atomic E-state index is 0.196. The Bertz CT molecular complexity index is 300. The highest BCUT2D eigenvalue weighted by Crippen LogP contribution is 2.23. The third-order valence-corrected chi connectivity index (χ3v) is 4.78. The summed E-state index contributed by atoms with van der Waals surface area (Å²) in [6, 6.07) is 1.15. The van der Waals surface area contributed by atoms with E-state index in [-0.39, 0.29) is 5.91 Å². The molecule has 2 rings (SSSR count). The van der Waals surface area contributed by atoms with E-state index in [1.165, 1.54) is 12.8 Å². The lowest BCUT2D eigenvalue weighted by Gasteiger charge is -2.36. The van der Waals surface area contributed by atoms with Gasteiger partial charge in [0.15, 0.2) is 0 Å². The Hall–Kier alpha value is -0.610. The van der Waals surface area contributed by atoms with Crippen LogP contribution in [0.1, 0.15) is 52.4 Å². The van der Waals surface area contributed by atoms with Crippen molar-refractivity contribution in [3.63, 3.8) is 0 Å². The van der Waals surface area contributed by atoms with Crippen molar-refractivity contribution in [2.75, 3.05) is 13.1 Å². The van der Waals surface area contributed by atoms with Crippen LogP contribution in [0, 0.1) is 5.92 Å². The maximum atomic E-state index is 12.1. The van der Waals surface area contributed by atoms with Crippen molar-refractivity contribution in [1.82, 2.24) is 10.2 Å². The smallest absolute Gasteiger partial charge is 0.234 e. The van der Waals surface area contributed by atoms with Gasteiger partial charge in [0.1, 0.15) is 0 Å². The maximum absolute atomic E-state index is 12.1. The second-order valence-corrected chi connectivity index (χ2v) is 6.63. The molecule has 2 atom stereocenters. The lowest BCUT2D eigenvalue weighted by Crippen LogP contribution is -2.50. The monoisotopic (exact) mass is 267 g/mol. The molecule has 110 valence electrons. The minimum atomic E-state index is 0.196. The molecule has 2 aliphatic rings. The average Bonchev–Trinajstić information content (AvgIpc) is 2.36. The molecule has 19 heavy (non-hydrogen) atoms. The normalized spacial score (nSPS) is 37.0. The van der Waals surface area contributed by atoms with Crippen LogP contribution in [0.4, 0.5) is 0 Å². The third-order valence-electron chi connectivity index (χ3n) is 4.78. The van der Waals surface area contributed by atoms with Gasteiger partial charge in [-0.2, -0.15) is 0 Å². The van der Waals surface area contributed by atoms with Crippen LogP contribution in [-0.2, 0) is 4.79 Å². The van der Waals surface area contributed by atoms with Gasteiger partial charge >= 0.3 is 0 Å². The Labute approximate surface area is 117 Å². The van der Waals surface area contributed by atoms with Gasteiger partial charge in [0.2, 0.25) is 5.91 Å². The Morgan fingerprint density at radius 3 is 2.53 bits per heavy atom. The van der Waals surface area contributed by atoms with Gasteiger partial charge in [0.25, 0.3) is 0 Å². The van der Waals surface area contributed by atoms with E-state index >= 15 is 0 Å². The molecule has 0 spiro atoms. The summed E-state index contributed by atoms with van der Waals surface area (Å²) in [4.78, 5) is 14.4. The molecule has 2 fully saturated rings. The number of carbonyl (C=O) groups is 1. The first-order chi connectivity index (χ1) is 9.04. The van der Waals surface area contributed by atoms with Gasteiger partial charge < -0.3 is 11.1 Å². The number of nitrogens with zero attached hydrogens (tertiary/aromatic N) is 1. The van der Waals surface area contributed by atoms with Crippen LogP contribution in [0.15, 0.2) is 0 Å². The molecular weight excluding hydrogens is 238 g/mol. The largest absolute Gasteiger partial charge is 0.352 e. The van der Waals surface area contributed by atoms with Gasteiger partial charge in [-0.15, -0.1) is 0 Å². The predicted molar refractivity (Wildman–Crippen MR) is 77.8 cm³/mol. The van der Waals surface area contributed by atoms with Crippen LogP contribution in [0.3, 0.4) is 0 Å². The van der Waals surface area contributed by atoms with Gasteiger partial charge in [-0.25, -0.2) is 0 Å². The Kier molecular flexibility index (Phi) is 5.22. The highest BCUT2D eigenvalue weighted by molar-refractivity contribution is 5.78. The van der Waals surface area contributed by atoms with E-state index < -0.39 is 0 Å². The summed E-state index contributed by atoms with van der Waals surface area (Å²) in [7, 11) is 0. The first-order valence-corrected chi connectivity index (χ1v) is 7.83. The molecule has 0 aromatic rings. The fourth-order valence-corrected chi connectivity index (χ4v) is 3.35. The molecule has 1 aliphatic carbocycles. The molecule has 0 radical (unpaired) electrons. The van der Waals surface area contributed by atoms with E-state index in [0.717, 1.165) is 38.1 Å². The fraction of sp³-hybridized carbons (Fsp3) is 0.933. The molecule has 4 nitrogen and oxygen atoms in total. The van der Waals surface area contributed by atoms with E-state index in [0.29, 0.717) is 24.7 Å². The number of amides is 1. The summed E-state index contributed by atoms with van der Waals surface area (Å²) < 4.78 is 0. The van der Waals surface area contributed by atoms with Crippen molar-refractivity contribution in [3.8, 4) is 0 Å². The van der Waals surface area contributed by atoms with Crippen LogP contribution in [-0.4, -0.2) is 42.0 Å². The molecule has 3 N–H and O–H groups in total. The zero-order valence-electron chi connectivity index (χ0n) is 12.4. The molecule has 1 aliphatic heterocycles. The second kappa shape index (κ2) is 6.71. The molecule has 1 heterocycles.